The highest BCUT2D eigenvalue weighted by Crippen LogP contribution is 2.19. The minimum absolute atomic E-state index is 0.358. The molecule has 0 fully saturated rings. The topological polar surface area (TPSA) is 58.2 Å². The van der Waals surface area contributed by atoms with E-state index in [1.165, 1.54) is 0 Å². The number of carbonyl (C=O) groups excluding carboxylic acids is 2. The molecule has 4 nitrogen and oxygen atoms in total. The van der Waals surface area contributed by atoms with Crippen molar-refractivity contribution in [2.45, 2.75) is 6.92 Å². The van der Waals surface area contributed by atoms with Crippen LogP contribution in [0.4, 0.5) is 5.69 Å². The fraction of sp³-hybridized carbons (Fsp3) is 0.167. The minimum Gasteiger partial charge on any atom is -0.352 e. The Morgan fingerprint density at radius 3 is 2.37 bits per heavy atom. The zero-order valence-corrected chi connectivity index (χ0v) is 12.2. The van der Waals surface area contributed by atoms with E-state index in [-0.39, 0.29) is 10.1 Å². The number of rotatable bonds is 4. The molecule has 0 aromatic heterocycles. The van der Waals surface area contributed by atoms with Crippen molar-refractivity contribution in [1.82, 2.24) is 5.32 Å². The third-order valence-electron chi connectivity index (χ3n) is 2.01. The Kier molecular flexibility index (Phi) is 6.15. The molecule has 7 heteroatoms. The van der Waals surface area contributed by atoms with Crippen LogP contribution in [0.1, 0.15) is 6.92 Å². The molecular weight excluding hydrogens is 311 g/mol. The summed E-state index contributed by atoms with van der Waals surface area (Å²) in [6, 6.07) is 6.51. The average Bonchev–Trinajstić information content (AvgIpc) is 2.37. The summed E-state index contributed by atoms with van der Waals surface area (Å²) >= 11 is 17.2. The predicted molar refractivity (Wildman–Crippen MR) is 77.5 cm³/mol. The van der Waals surface area contributed by atoms with Gasteiger partial charge in [-0.1, -0.05) is 40.9 Å². The van der Waals surface area contributed by atoms with Crippen LogP contribution in [0, 0.1) is 0 Å². The summed E-state index contributed by atoms with van der Waals surface area (Å²) in [7, 11) is 0. The number of nitrogens with one attached hydrogen (secondary N) is 2. The summed E-state index contributed by atoms with van der Waals surface area (Å²) in [5.41, 5.74) is 0.455. The molecule has 0 saturated carbocycles. The third kappa shape index (κ3) is 4.74. The van der Waals surface area contributed by atoms with Crippen molar-refractivity contribution in [3.63, 3.8) is 0 Å². The van der Waals surface area contributed by atoms with Gasteiger partial charge in [0.2, 0.25) is 0 Å². The highest BCUT2D eigenvalue weighted by molar-refractivity contribution is 6.54. The number of amides is 2. The quantitative estimate of drug-likeness (QED) is 0.837. The summed E-state index contributed by atoms with van der Waals surface area (Å²) in [5, 5.41) is 4.65. The summed E-state index contributed by atoms with van der Waals surface area (Å²) in [6.45, 7) is 2.11. The van der Waals surface area contributed by atoms with Crippen LogP contribution in [0.2, 0.25) is 5.02 Å². The molecule has 0 spiro atoms. The molecule has 0 radical (unpaired) electrons. The number of anilines is 1. The molecule has 0 bridgehead atoms. The van der Waals surface area contributed by atoms with Gasteiger partial charge in [-0.2, -0.15) is 0 Å². The Morgan fingerprint density at radius 2 is 1.79 bits per heavy atom. The maximum absolute atomic E-state index is 11.8. The van der Waals surface area contributed by atoms with E-state index in [1.54, 1.807) is 31.2 Å². The first-order valence-corrected chi connectivity index (χ1v) is 6.49. The van der Waals surface area contributed by atoms with Crippen molar-refractivity contribution in [3.05, 3.63) is 39.4 Å². The third-order valence-corrected chi connectivity index (χ3v) is 3.06. The molecule has 0 saturated heterocycles. The molecule has 0 aliphatic carbocycles. The van der Waals surface area contributed by atoms with Gasteiger partial charge in [0.05, 0.1) is 0 Å². The van der Waals surface area contributed by atoms with Gasteiger partial charge < -0.3 is 10.6 Å². The SMILES string of the molecule is CCNC(=O)/C(Cl)=C(/Cl)C(=O)Nc1cccc(Cl)c1. The van der Waals surface area contributed by atoms with E-state index in [4.69, 9.17) is 34.8 Å². The lowest BCUT2D eigenvalue weighted by Crippen LogP contribution is -2.25. The van der Waals surface area contributed by atoms with Crippen LogP contribution in [0.5, 0.6) is 0 Å². The number of halogens is 3. The van der Waals surface area contributed by atoms with Crippen LogP contribution in [0.15, 0.2) is 34.3 Å². The largest absolute Gasteiger partial charge is 0.352 e. The minimum atomic E-state index is -0.680. The van der Waals surface area contributed by atoms with Crippen molar-refractivity contribution in [1.29, 1.82) is 0 Å². The van der Waals surface area contributed by atoms with Gasteiger partial charge in [0.25, 0.3) is 11.8 Å². The molecule has 2 N–H and O–H groups in total. The smallest absolute Gasteiger partial charge is 0.268 e. The second-order valence-electron chi connectivity index (χ2n) is 3.45. The maximum atomic E-state index is 11.8. The normalized spacial score (nSPS) is 11.6. The second kappa shape index (κ2) is 7.38. The van der Waals surface area contributed by atoms with Gasteiger partial charge in [0.15, 0.2) is 0 Å². The Hall–Kier alpha value is -1.23. The predicted octanol–water partition coefficient (Wildman–Crippen LogP) is 3.10. The number of carbonyl (C=O) groups is 2. The van der Waals surface area contributed by atoms with E-state index in [0.717, 1.165) is 0 Å². The van der Waals surface area contributed by atoms with Crippen LogP contribution in [0.25, 0.3) is 0 Å². The number of benzene rings is 1. The van der Waals surface area contributed by atoms with Crippen LogP contribution in [-0.4, -0.2) is 18.4 Å². The molecule has 0 heterocycles. The Morgan fingerprint density at radius 1 is 1.16 bits per heavy atom. The lowest BCUT2D eigenvalue weighted by atomic mass is 10.3. The van der Waals surface area contributed by atoms with Gasteiger partial charge >= 0.3 is 0 Å². The number of hydrogen-bond donors (Lipinski definition) is 2. The standard InChI is InChI=1S/C12H11Cl3N2O2/c1-2-16-11(18)9(14)10(15)12(19)17-8-5-3-4-7(13)6-8/h3-6H,2H2,1H3,(H,16,18)(H,17,19)/b10-9-. The van der Waals surface area contributed by atoms with Crippen LogP contribution in [0.3, 0.4) is 0 Å². The Bertz CT molecular complexity index is 529. The molecule has 1 rings (SSSR count). The molecule has 1 aromatic rings. The first-order valence-electron chi connectivity index (χ1n) is 5.36. The summed E-state index contributed by atoms with van der Waals surface area (Å²) in [6.07, 6.45) is 0. The van der Waals surface area contributed by atoms with E-state index in [1.807, 2.05) is 0 Å². The van der Waals surface area contributed by atoms with Crippen molar-refractivity contribution in [2.75, 3.05) is 11.9 Å². The number of likely N-dealkylation sites (N-methyl/N-ethyl adjacent to an activating group) is 1. The molecule has 2 amide bonds. The van der Waals surface area contributed by atoms with Crippen LogP contribution >= 0.6 is 34.8 Å². The molecule has 1 aromatic carbocycles. The van der Waals surface area contributed by atoms with E-state index in [9.17, 15) is 9.59 Å². The van der Waals surface area contributed by atoms with Crippen molar-refractivity contribution in [3.8, 4) is 0 Å². The fourth-order valence-electron chi connectivity index (χ4n) is 1.19. The van der Waals surface area contributed by atoms with Crippen LogP contribution in [-0.2, 0) is 9.59 Å². The van der Waals surface area contributed by atoms with Gasteiger partial charge in [-0.25, -0.2) is 0 Å². The van der Waals surface area contributed by atoms with Gasteiger partial charge in [-0.05, 0) is 25.1 Å². The first-order chi connectivity index (χ1) is 8.95. The molecule has 19 heavy (non-hydrogen) atoms. The van der Waals surface area contributed by atoms with E-state index >= 15 is 0 Å². The average molecular weight is 322 g/mol. The monoisotopic (exact) mass is 320 g/mol. The van der Waals surface area contributed by atoms with E-state index < -0.39 is 11.8 Å². The van der Waals surface area contributed by atoms with Gasteiger partial charge in [-0.3, -0.25) is 9.59 Å². The molecule has 0 aliphatic rings. The molecule has 0 atom stereocenters. The van der Waals surface area contributed by atoms with Gasteiger partial charge in [0, 0.05) is 17.3 Å². The van der Waals surface area contributed by atoms with Crippen molar-refractivity contribution >= 4 is 52.3 Å². The van der Waals surface area contributed by atoms with Crippen molar-refractivity contribution in [2.24, 2.45) is 0 Å². The zero-order chi connectivity index (χ0) is 14.4. The molecular formula is C12H11Cl3N2O2. The lowest BCUT2D eigenvalue weighted by molar-refractivity contribution is -0.117. The van der Waals surface area contributed by atoms with Gasteiger partial charge in [-0.15, -0.1) is 0 Å². The second-order valence-corrected chi connectivity index (χ2v) is 4.64. The van der Waals surface area contributed by atoms with Gasteiger partial charge in [0.1, 0.15) is 10.1 Å². The van der Waals surface area contributed by atoms with Crippen LogP contribution < -0.4 is 10.6 Å². The Labute approximate surface area is 125 Å². The Balaban J connectivity index is 2.83. The molecule has 0 unspecified atom stereocenters. The lowest BCUT2D eigenvalue weighted by Gasteiger charge is -2.06. The first kappa shape index (κ1) is 15.8. The highest BCUT2D eigenvalue weighted by atomic mass is 35.5. The van der Waals surface area contributed by atoms with E-state index in [0.29, 0.717) is 17.3 Å². The number of hydrogen-bond acceptors (Lipinski definition) is 2. The zero-order valence-electron chi connectivity index (χ0n) is 9.97. The van der Waals surface area contributed by atoms with Crippen molar-refractivity contribution < 1.29 is 9.59 Å². The fourth-order valence-corrected chi connectivity index (χ4v) is 1.67. The highest BCUT2D eigenvalue weighted by Gasteiger charge is 2.17. The molecule has 102 valence electrons. The summed E-state index contributed by atoms with van der Waals surface area (Å²) < 4.78 is 0. The summed E-state index contributed by atoms with van der Waals surface area (Å²) in [5.74, 6) is -1.28. The maximum Gasteiger partial charge on any atom is 0.268 e. The molecule has 0 aliphatic heterocycles. The summed E-state index contributed by atoms with van der Waals surface area (Å²) in [4.78, 5) is 23.2. The van der Waals surface area contributed by atoms with E-state index in [2.05, 4.69) is 10.6 Å².